The summed E-state index contributed by atoms with van der Waals surface area (Å²) in [6.45, 7) is 2.54. The summed E-state index contributed by atoms with van der Waals surface area (Å²) in [7, 11) is 1.55. The molecule has 0 saturated heterocycles. The normalized spacial score (nSPS) is 11.6. The second kappa shape index (κ2) is 9.08. The van der Waals surface area contributed by atoms with Gasteiger partial charge in [-0.2, -0.15) is 0 Å². The van der Waals surface area contributed by atoms with Gasteiger partial charge in [-0.05, 0) is 47.9 Å². The lowest BCUT2D eigenvalue weighted by molar-refractivity contribution is -0.135. The first-order valence-electron chi connectivity index (χ1n) is 8.80. The number of thiazole rings is 1. The fourth-order valence-electron chi connectivity index (χ4n) is 2.73. The Hall–Kier alpha value is -2.57. The van der Waals surface area contributed by atoms with E-state index in [0.717, 1.165) is 22.2 Å². The summed E-state index contributed by atoms with van der Waals surface area (Å²) in [5.41, 5.74) is 2.17. The van der Waals surface area contributed by atoms with Crippen LogP contribution in [0.2, 0.25) is 5.02 Å². The number of carboxylic acids is 1. The summed E-state index contributed by atoms with van der Waals surface area (Å²) in [5, 5.41) is 10.4. The first-order chi connectivity index (χ1) is 13.5. The van der Waals surface area contributed by atoms with Crippen molar-refractivity contribution in [3.63, 3.8) is 0 Å². The summed E-state index contributed by atoms with van der Waals surface area (Å²) in [6, 6.07) is 11.2. The van der Waals surface area contributed by atoms with E-state index in [4.69, 9.17) is 21.1 Å². The molecule has 0 amide bonds. The Morgan fingerprint density at radius 3 is 2.79 bits per heavy atom. The zero-order valence-corrected chi connectivity index (χ0v) is 17.1. The van der Waals surface area contributed by atoms with E-state index in [2.05, 4.69) is 4.98 Å². The number of fused-ring (bicyclic) bond motifs is 1. The van der Waals surface area contributed by atoms with Crippen molar-refractivity contribution in [2.24, 2.45) is 0 Å². The van der Waals surface area contributed by atoms with E-state index in [-0.39, 0.29) is 6.42 Å². The van der Waals surface area contributed by atoms with Gasteiger partial charge in [-0.3, -0.25) is 4.79 Å². The first kappa shape index (κ1) is 20.2. The van der Waals surface area contributed by atoms with E-state index < -0.39 is 5.97 Å². The smallest absolute Gasteiger partial charge is 0.307 e. The molecule has 3 rings (SSSR count). The van der Waals surface area contributed by atoms with Crippen LogP contribution >= 0.6 is 22.9 Å². The lowest BCUT2D eigenvalue weighted by Crippen LogP contribution is -1.99. The maximum absolute atomic E-state index is 11.4. The highest BCUT2D eigenvalue weighted by molar-refractivity contribution is 7.19. The lowest BCUT2D eigenvalue weighted by Gasteiger charge is -2.13. The maximum atomic E-state index is 11.4. The van der Waals surface area contributed by atoms with E-state index >= 15 is 0 Å². The van der Waals surface area contributed by atoms with Crippen molar-refractivity contribution in [1.82, 2.24) is 4.98 Å². The molecule has 0 saturated carbocycles. The Bertz CT molecular complexity index is 995. The fourth-order valence-corrected chi connectivity index (χ4v) is 3.98. The topological polar surface area (TPSA) is 68.7 Å². The highest BCUT2D eigenvalue weighted by Crippen LogP contribution is 2.38. The summed E-state index contributed by atoms with van der Waals surface area (Å²) >= 11 is 7.85. The number of para-hydroxylation sites is 1. The van der Waals surface area contributed by atoms with Crippen LogP contribution in [0.1, 0.15) is 30.3 Å². The maximum Gasteiger partial charge on any atom is 0.307 e. The quantitative estimate of drug-likeness (QED) is 0.504. The van der Waals surface area contributed by atoms with Crippen LogP contribution in [0.4, 0.5) is 0 Å². The van der Waals surface area contributed by atoms with Crippen LogP contribution in [0.5, 0.6) is 11.5 Å². The molecule has 0 unspecified atom stereocenters. The molecule has 0 radical (unpaired) electrons. The van der Waals surface area contributed by atoms with E-state index in [9.17, 15) is 9.90 Å². The van der Waals surface area contributed by atoms with Gasteiger partial charge < -0.3 is 14.6 Å². The average molecular weight is 418 g/mol. The third-order valence-corrected chi connectivity index (χ3v) is 5.35. The first-order valence-corrected chi connectivity index (χ1v) is 10.00. The van der Waals surface area contributed by atoms with E-state index in [0.29, 0.717) is 33.7 Å². The molecular weight excluding hydrogens is 398 g/mol. The van der Waals surface area contributed by atoms with Crippen LogP contribution in [0.25, 0.3) is 21.9 Å². The number of methoxy groups -OCH3 is 1. The third kappa shape index (κ3) is 4.64. The van der Waals surface area contributed by atoms with E-state index in [1.54, 1.807) is 25.3 Å². The summed E-state index contributed by atoms with van der Waals surface area (Å²) in [4.78, 5) is 16.0. The van der Waals surface area contributed by atoms with Gasteiger partial charge >= 0.3 is 5.97 Å². The SMILES string of the molecule is CCCOc1c(Cl)cc(/C=C(\CC(=O)O)c2nc3ccccc3s2)cc1OC. The molecule has 5 nitrogen and oxygen atoms in total. The van der Waals surface area contributed by atoms with Gasteiger partial charge in [-0.15, -0.1) is 11.3 Å². The molecule has 7 heteroatoms. The number of benzene rings is 2. The minimum atomic E-state index is -0.925. The fraction of sp³-hybridized carbons (Fsp3) is 0.238. The molecule has 3 aromatic rings. The minimum absolute atomic E-state index is 0.145. The second-order valence-corrected chi connectivity index (χ2v) is 7.55. The van der Waals surface area contributed by atoms with Gasteiger partial charge in [0.1, 0.15) is 5.01 Å². The van der Waals surface area contributed by atoms with Crippen LogP contribution in [-0.4, -0.2) is 29.8 Å². The van der Waals surface area contributed by atoms with Gasteiger partial charge in [0, 0.05) is 0 Å². The number of nitrogens with zero attached hydrogens (tertiary/aromatic N) is 1. The molecule has 0 fully saturated rings. The van der Waals surface area contributed by atoms with Gasteiger partial charge in [-0.1, -0.05) is 30.7 Å². The van der Waals surface area contributed by atoms with Crippen molar-refractivity contribution in [2.75, 3.05) is 13.7 Å². The molecule has 1 aromatic heterocycles. The molecular formula is C21H20ClNO4S. The average Bonchev–Trinajstić information content (AvgIpc) is 3.10. The number of ether oxygens (including phenoxy) is 2. The van der Waals surface area contributed by atoms with Gasteiger partial charge in [0.05, 0.1) is 35.4 Å². The van der Waals surface area contributed by atoms with Crippen molar-refractivity contribution in [2.45, 2.75) is 19.8 Å². The molecule has 28 heavy (non-hydrogen) atoms. The highest BCUT2D eigenvalue weighted by atomic mass is 35.5. The number of halogens is 1. The van der Waals surface area contributed by atoms with Crippen LogP contribution in [0.15, 0.2) is 36.4 Å². The molecule has 1 N–H and O–H groups in total. The number of hydrogen-bond donors (Lipinski definition) is 1. The van der Waals surface area contributed by atoms with Gasteiger partial charge in [0.2, 0.25) is 0 Å². The van der Waals surface area contributed by atoms with Crippen LogP contribution in [0.3, 0.4) is 0 Å². The third-order valence-electron chi connectivity index (χ3n) is 3.95. The molecule has 0 aliphatic carbocycles. The Labute approximate surface area is 172 Å². The molecule has 146 valence electrons. The molecule has 0 atom stereocenters. The number of carboxylic acid groups (broad SMARTS) is 1. The molecule has 1 heterocycles. The van der Waals surface area contributed by atoms with E-state index in [1.165, 1.54) is 11.3 Å². The molecule has 0 spiro atoms. The van der Waals surface area contributed by atoms with Crippen LogP contribution in [0, 0.1) is 0 Å². The largest absolute Gasteiger partial charge is 0.493 e. The summed E-state index contributed by atoms with van der Waals surface area (Å²) in [6.07, 6.45) is 2.49. The van der Waals surface area contributed by atoms with Gasteiger partial charge in [0.25, 0.3) is 0 Å². The monoisotopic (exact) mass is 417 g/mol. The zero-order chi connectivity index (χ0) is 20.1. The molecule has 2 aromatic carbocycles. The van der Waals surface area contributed by atoms with Crippen LogP contribution < -0.4 is 9.47 Å². The number of hydrogen-bond acceptors (Lipinski definition) is 5. The number of aromatic nitrogens is 1. The van der Waals surface area contributed by atoms with Gasteiger partial charge in [-0.25, -0.2) is 4.98 Å². The zero-order valence-electron chi connectivity index (χ0n) is 15.6. The van der Waals surface area contributed by atoms with Gasteiger partial charge in [0.15, 0.2) is 11.5 Å². The number of carbonyl (C=O) groups is 1. The standard InChI is InChI=1S/C21H20ClNO4S/c1-3-8-27-20-15(22)10-13(11-17(20)26-2)9-14(12-19(24)25)21-23-16-6-4-5-7-18(16)28-21/h4-7,9-11H,3,8,12H2,1-2H3,(H,24,25)/b14-9+. The Kier molecular flexibility index (Phi) is 6.54. The van der Waals surface area contributed by atoms with Crippen molar-refractivity contribution in [3.8, 4) is 11.5 Å². The number of aliphatic carboxylic acids is 1. The molecule has 0 aliphatic rings. The second-order valence-electron chi connectivity index (χ2n) is 6.11. The van der Waals surface area contributed by atoms with Crippen molar-refractivity contribution < 1.29 is 19.4 Å². The van der Waals surface area contributed by atoms with Crippen molar-refractivity contribution in [3.05, 3.63) is 52.0 Å². The summed E-state index contributed by atoms with van der Waals surface area (Å²) < 4.78 is 12.1. The Morgan fingerprint density at radius 2 is 2.11 bits per heavy atom. The highest BCUT2D eigenvalue weighted by Gasteiger charge is 2.15. The van der Waals surface area contributed by atoms with E-state index in [1.807, 2.05) is 31.2 Å². The number of rotatable bonds is 8. The molecule has 0 bridgehead atoms. The van der Waals surface area contributed by atoms with Crippen molar-refractivity contribution >= 4 is 50.8 Å². The molecule has 0 aliphatic heterocycles. The van der Waals surface area contributed by atoms with Crippen LogP contribution in [-0.2, 0) is 4.79 Å². The summed E-state index contributed by atoms with van der Waals surface area (Å²) in [5.74, 6) is 0.0700. The lowest BCUT2D eigenvalue weighted by atomic mass is 10.1. The Balaban J connectivity index is 2.05. The minimum Gasteiger partial charge on any atom is -0.493 e. The predicted octanol–water partition coefficient (Wildman–Crippen LogP) is 5.76. The predicted molar refractivity (Wildman–Crippen MR) is 114 cm³/mol. The van der Waals surface area contributed by atoms with Crippen molar-refractivity contribution in [1.29, 1.82) is 0 Å². The Morgan fingerprint density at radius 1 is 1.32 bits per heavy atom.